The summed E-state index contributed by atoms with van der Waals surface area (Å²) >= 11 is 0. The maximum absolute atomic E-state index is 12.5. The summed E-state index contributed by atoms with van der Waals surface area (Å²) in [5.41, 5.74) is 4.57. The van der Waals surface area contributed by atoms with Gasteiger partial charge in [-0.15, -0.1) is 0 Å². The van der Waals surface area contributed by atoms with E-state index >= 15 is 0 Å². The molecule has 1 N–H and O–H groups in total. The van der Waals surface area contributed by atoms with Gasteiger partial charge in [0.1, 0.15) is 0 Å². The second kappa shape index (κ2) is 9.52. The van der Waals surface area contributed by atoms with E-state index in [4.69, 9.17) is 0 Å². The molecule has 2 aromatic heterocycles. The standard InChI is InChI=1S/C21H20N2O.C6H7N.2H2/c1-14-3-2-4-15(9-14)18-10-19(11-18)21(24)23-20-6-5-17-13-22-8-7-16(17)12-20;1-6-4-2-3-5-7-6;;/h2-9,12-13,18-19H,10-11H2,1H3,(H,23,24);2-5H,1H3;2*1H. The average Bonchev–Trinajstić information content (AvgIpc) is 2.74. The van der Waals surface area contributed by atoms with Gasteiger partial charge in [-0.2, -0.15) is 0 Å². The molecular formula is C27H31N3O. The molecule has 1 amide bonds. The first-order chi connectivity index (χ1) is 15.1. The first kappa shape index (κ1) is 20.7. The number of fused-ring (bicyclic) bond motifs is 1. The van der Waals surface area contributed by atoms with Crippen molar-refractivity contribution in [2.24, 2.45) is 5.92 Å². The lowest BCUT2D eigenvalue weighted by Crippen LogP contribution is -2.33. The molecule has 0 bridgehead atoms. The van der Waals surface area contributed by atoms with Crippen molar-refractivity contribution in [2.45, 2.75) is 32.6 Å². The van der Waals surface area contributed by atoms with Crippen LogP contribution in [0, 0.1) is 19.8 Å². The number of hydrogen-bond acceptors (Lipinski definition) is 3. The van der Waals surface area contributed by atoms with Gasteiger partial charge in [-0.1, -0.05) is 42.0 Å². The molecule has 0 atom stereocenters. The van der Waals surface area contributed by atoms with Gasteiger partial charge in [0.15, 0.2) is 0 Å². The molecule has 0 unspecified atom stereocenters. The zero-order valence-electron chi connectivity index (χ0n) is 18.0. The maximum Gasteiger partial charge on any atom is 0.227 e. The highest BCUT2D eigenvalue weighted by molar-refractivity contribution is 5.96. The SMILES string of the molecule is Cc1cccc(C2CC(C(=O)Nc3ccc4cnccc4c3)C2)c1.Cc1ccccn1.[HH].[HH]. The average molecular weight is 414 g/mol. The minimum atomic E-state index is 0. The minimum absolute atomic E-state index is 0. The third-order valence-electron chi connectivity index (χ3n) is 5.74. The summed E-state index contributed by atoms with van der Waals surface area (Å²) in [6.45, 7) is 4.08. The molecule has 2 heterocycles. The molecule has 0 radical (unpaired) electrons. The smallest absolute Gasteiger partial charge is 0.227 e. The number of rotatable bonds is 3. The highest BCUT2D eigenvalue weighted by atomic mass is 16.1. The van der Waals surface area contributed by atoms with Crippen molar-refractivity contribution in [1.82, 2.24) is 9.97 Å². The predicted octanol–water partition coefficient (Wildman–Crippen LogP) is 6.56. The number of amides is 1. The summed E-state index contributed by atoms with van der Waals surface area (Å²) < 4.78 is 0. The van der Waals surface area contributed by atoms with Gasteiger partial charge in [0.2, 0.25) is 5.91 Å². The van der Waals surface area contributed by atoms with Crippen LogP contribution in [-0.2, 0) is 4.79 Å². The minimum Gasteiger partial charge on any atom is -0.326 e. The molecule has 0 spiro atoms. The van der Waals surface area contributed by atoms with Crippen LogP contribution in [0.25, 0.3) is 10.8 Å². The molecule has 2 aromatic carbocycles. The van der Waals surface area contributed by atoms with Gasteiger partial charge in [0.25, 0.3) is 0 Å². The maximum atomic E-state index is 12.5. The van der Waals surface area contributed by atoms with Crippen LogP contribution in [0.5, 0.6) is 0 Å². The molecule has 1 aliphatic rings. The van der Waals surface area contributed by atoms with Gasteiger partial charge in [-0.3, -0.25) is 14.8 Å². The summed E-state index contributed by atoms with van der Waals surface area (Å²) in [6, 6.07) is 22.4. The van der Waals surface area contributed by atoms with Gasteiger partial charge in [0.05, 0.1) is 0 Å². The molecule has 4 aromatic rings. The van der Waals surface area contributed by atoms with Crippen molar-refractivity contribution in [1.29, 1.82) is 0 Å². The van der Waals surface area contributed by atoms with Gasteiger partial charge < -0.3 is 5.32 Å². The Labute approximate surface area is 186 Å². The van der Waals surface area contributed by atoms with E-state index in [1.807, 2.05) is 55.6 Å². The monoisotopic (exact) mass is 413 g/mol. The zero-order chi connectivity index (χ0) is 21.6. The second-order valence-electron chi connectivity index (χ2n) is 8.18. The Kier molecular flexibility index (Phi) is 6.37. The molecular weight excluding hydrogens is 382 g/mol. The summed E-state index contributed by atoms with van der Waals surface area (Å²) in [6.07, 6.45) is 7.26. The Morgan fingerprint density at radius 2 is 1.81 bits per heavy atom. The highest BCUT2D eigenvalue weighted by Crippen LogP contribution is 2.42. The number of nitrogens with zero attached hydrogens (tertiary/aromatic N) is 2. The Morgan fingerprint density at radius 3 is 2.52 bits per heavy atom. The van der Waals surface area contributed by atoms with E-state index in [9.17, 15) is 4.79 Å². The summed E-state index contributed by atoms with van der Waals surface area (Å²) in [5.74, 6) is 0.763. The van der Waals surface area contributed by atoms with E-state index in [2.05, 4.69) is 46.5 Å². The van der Waals surface area contributed by atoms with Crippen LogP contribution < -0.4 is 5.32 Å². The van der Waals surface area contributed by atoms with Crippen LogP contribution in [0.2, 0.25) is 0 Å². The lowest BCUT2D eigenvalue weighted by Gasteiger charge is -2.34. The fraction of sp³-hybridized carbons (Fsp3) is 0.222. The summed E-state index contributed by atoms with van der Waals surface area (Å²) in [5, 5.41) is 5.23. The molecule has 1 fully saturated rings. The number of carbonyl (C=O) groups excluding carboxylic acids is 1. The Bertz CT molecular complexity index is 1180. The van der Waals surface area contributed by atoms with Crippen LogP contribution in [0.3, 0.4) is 0 Å². The van der Waals surface area contributed by atoms with Crippen LogP contribution in [0.4, 0.5) is 5.69 Å². The van der Waals surface area contributed by atoms with Crippen LogP contribution in [-0.4, -0.2) is 15.9 Å². The van der Waals surface area contributed by atoms with Gasteiger partial charge in [0, 0.05) is 44.1 Å². The number of benzene rings is 2. The van der Waals surface area contributed by atoms with Crippen molar-refractivity contribution < 1.29 is 7.65 Å². The zero-order valence-corrected chi connectivity index (χ0v) is 18.0. The number of carbonyl (C=O) groups is 1. The first-order valence-electron chi connectivity index (χ1n) is 10.7. The van der Waals surface area contributed by atoms with Crippen molar-refractivity contribution >= 4 is 22.4 Å². The molecule has 4 heteroatoms. The first-order valence-corrected chi connectivity index (χ1v) is 10.7. The molecule has 1 saturated carbocycles. The fourth-order valence-electron chi connectivity index (χ4n) is 3.88. The molecule has 4 nitrogen and oxygen atoms in total. The molecule has 1 aliphatic carbocycles. The van der Waals surface area contributed by atoms with E-state index < -0.39 is 0 Å². The number of aromatic nitrogens is 2. The van der Waals surface area contributed by atoms with E-state index in [0.717, 1.165) is 35.0 Å². The number of hydrogen-bond donors (Lipinski definition) is 1. The van der Waals surface area contributed by atoms with Crippen molar-refractivity contribution in [3.63, 3.8) is 0 Å². The molecule has 31 heavy (non-hydrogen) atoms. The van der Waals surface area contributed by atoms with Crippen LogP contribution in [0.15, 0.2) is 85.3 Å². The Morgan fingerprint density at radius 1 is 0.935 bits per heavy atom. The largest absolute Gasteiger partial charge is 0.326 e. The van der Waals surface area contributed by atoms with Crippen molar-refractivity contribution in [3.05, 3.63) is 102 Å². The van der Waals surface area contributed by atoms with Crippen molar-refractivity contribution in [2.75, 3.05) is 5.32 Å². The topological polar surface area (TPSA) is 54.9 Å². The van der Waals surface area contributed by atoms with E-state index in [-0.39, 0.29) is 14.7 Å². The Hall–Kier alpha value is -3.53. The van der Waals surface area contributed by atoms with E-state index in [0.29, 0.717) is 5.92 Å². The third-order valence-corrected chi connectivity index (χ3v) is 5.74. The lowest BCUT2D eigenvalue weighted by molar-refractivity contribution is -0.122. The number of nitrogens with one attached hydrogen (secondary N) is 1. The fourth-order valence-corrected chi connectivity index (χ4v) is 3.88. The van der Waals surface area contributed by atoms with Crippen LogP contribution >= 0.6 is 0 Å². The van der Waals surface area contributed by atoms with E-state index in [1.54, 1.807) is 12.4 Å². The summed E-state index contributed by atoms with van der Waals surface area (Å²) in [7, 11) is 0. The van der Waals surface area contributed by atoms with Crippen molar-refractivity contribution in [3.8, 4) is 0 Å². The number of anilines is 1. The number of pyridine rings is 2. The lowest BCUT2D eigenvalue weighted by atomic mass is 9.71. The quantitative estimate of drug-likeness (QED) is 0.414. The molecule has 160 valence electrons. The highest BCUT2D eigenvalue weighted by Gasteiger charge is 2.35. The van der Waals surface area contributed by atoms with E-state index in [1.165, 1.54) is 11.1 Å². The predicted molar refractivity (Wildman–Crippen MR) is 130 cm³/mol. The van der Waals surface area contributed by atoms with Gasteiger partial charge >= 0.3 is 0 Å². The molecule has 0 saturated heterocycles. The summed E-state index contributed by atoms with van der Waals surface area (Å²) in [4.78, 5) is 20.5. The molecule has 0 aliphatic heterocycles. The second-order valence-corrected chi connectivity index (χ2v) is 8.18. The third kappa shape index (κ3) is 5.34. The van der Waals surface area contributed by atoms with Crippen LogP contribution in [0.1, 0.15) is 38.4 Å². The Balaban J connectivity index is 0.000000371. The van der Waals surface area contributed by atoms with Gasteiger partial charge in [-0.25, -0.2) is 0 Å². The van der Waals surface area contributed by atoms with Gasteiger partial charge in [-0.05, 0) is 73.9 Å². The molecule has 5 rings (SSSR count). The number of aryl methyl sites for hydroxylation is 2. The normalized spacial score (nSPS) is 17.2.